The number of benzene rings is 1. The van der Waals surface area contributed by atoms with E-state index >= 15 is 0 Å². The Morgan fingerprint density at radius 3 is 2.50 bits per heavy atom. The minimum Gasteiger partial charge on any atom is -0.339 e. The van der Waals surface area contributed by atoms with Gasteiger partial charge in [-0.2, -0.15) is 0 Å². The molecule has 3 nitrogen and oxygen atoms in total. The van der Waals surface area contributed by atoms with Crippen molar-refractivity contribution in [1.29, 1.82) is 0 Å². The Balaban J connectivity index is 2.23. The van der Waals surface area contributed by atoms with Gasteiger partial charge in [0.05, 0.1) is 0 Å². The lowest BCUT2D eigenvalue weighted by Gasteiger charge is -2.09. The van der Waals surface area contributed by atoms with Crippen molar-refractivity contribution in [3.05, 3.63) is 48.7 Å². The fraction of sp³-hybridized carbons (Fsp3) is 0.143. The van der Waals surface area contributed by atoms with E-state index in [-0.39, 0.29) is 5.24 Å². The predicted molar refractivity (Wildman–Crippen MR) is 74.6 cm³/mol. The topological polar surface area (TPSA) is 33.2 Å². The van der Waals surface area contributed by atoms with E-state index in [1.807, 2.05) is 42.5 Å². The Hall–Kier alpha value is -1.81. The molecule has 18 heavy (non-hydrogen) atoms. The fourth-order valence-electron chi connectivity index (χ4n) is 1.46. The van der Waals surface area contributed by atoms with Gasteiger partial charge in [0.2, 0.25) is 0 Å². The van der Waals surface area contributed by atoms with Gasteiger partial charge < -0.3 is 4.90 Å². The van der Waals surface area contributed by atoms with Gasteiger partial charge in [-0.3, -0.25) is 4.79 Å². The molecule has 2 rings (SSSR count). The Bertz CT molecular complexity index is 541. The van der Waals surface area contributed by atoms with Gasteiger partial charge in [0.25, 0.3) is 5.24 Å². The number of carbonyl (C=O) groups is 1. The van der Waals surface area contributed by atoms with Crippen LogP contribution in [0.25, 0.3) is 11.1 Å². The molecule has 0 saturated heterocycles. The number of pyridine rings is 1. The summed E-state index contributed by atoms with van der Waals surface area (Å²) in [5, 5.41) is 0.697. The monoisotopic (exact) mass is 258 g/mol. The van der Waals surface area contributed by atoms with Gasteiger partial charge >= 0.3 is 0 Å². The van der Waals surface area contributed by atoms with Crippen LogP contribution in [0.1, 0.15) is 0 Å². The third-order valence-corrected chi connectivity index (χ3v) is 3.37. The van der Waals surface area contributed by atoms with Crippen LogP contribution in [-0.4, -0.2) is 29.2 Å². The summed E-state index contributed by atoms with van der Waals surface area (Å²) in [6, 6.07) is 13.9. The Labute approximate surface area is 111 Å². The van der Waals surface area contributed by atoms with Crippen LogP contribution in [0.3, 0.4) is 0 Å². The summed E-state index contributed by atoms with van der Waals surface area (Å²) in [6.07, 6.45) is 1.73. The first-order chi connectivity index (χ1) is 8.66. The number of hydrogen-bond acceptors (Lipinski definition) is 3. The van der Waals surface area contributed by atoms with Crippen molar-refractivity contribution in [3.63, 3.8) is 0 Å². The summed E-state index contributed by atoms with van der Waals surface area (Å²) >= 11 is 1.14. The fourth-order valence-corrected chi connectivity index (χ4v) is 2.12. The molecule has 0 aliphatic heterocycles. The molecule has 2 aromatic rings. The second-order valence-electron chi connectivity index (χ2n) is 4.01. The van der Waals surface area contributed by atoms with E-state index in [0.717, 1.165) is 27.9 Å². The van der Waals surface area contributed by atoms with E-state index in [9.17, 15) is 4.79 Å². The van der Waals surface area contributed by atoms with Crippen LogP contribution < -0.4 is 0 Å². The lowest BCUT2D eigenvalue weighted by atomic mass is 10.1. The second kappa shape index (κ2) is 5.69. The normalized spacial score (nSPS) is 10.1. The molecule has 0 bridgehead atoms. The van der Waals surface area contributed by atoms with Crippen molar-refractivity contribution in [1.82, 2.24) is 9.88 Å². The van der Waals surface area contributed by atoms with E-state index < -0.39 is 0 Å². The summed E-state index contributed by atoms with van der Waals surface area (Å²) in [4.78, 5) is 17.4. The van der Waals surface area contributed by atoms with Crippen molar-refractivity contribution >= 4 is 17.0 Å². The summed E-state index contributed by atoms with van der Waals surface area (Å²) in [7, 11) is 3.47. The highest BCUT2D eigenvalue weighted by Gasteiger charge is 2.08. The molecule has 92 valence electrons. The summed E-state index contributed by atoms with van der Waals surface area (Å²) in [5.74, 6) is 0. The number of hydrogen-bond donors (Lipinski definition) is 0. The summed E-state index contributed by atoms with van der Waals surface area (Å²) in [5.41, 5.74) is 2.19. The first-order valence-corrected chi connectivity index (χ1v) is 6.39. The van der Waals surface area contributed by atoms with Gasteiger partial charge in [0.1, 0.15) is 5.03 Å². The SMILES string of the molecule is CN(C)C(=O)Sc1cc(-c2ccccc2)ccn1. The molecule has 0 atom stereocenters. The predicted octanol–water partition coefficient (Wildman–Crippen LogP) is 3.52. The molecular weight excluding hydrogens is 244 g/mol. The first-order valence-electron chi connectivity index (χ1n) is 5.57. The van der Waals surface area contributed by atoms with Crippen molar-refractivity contribution < 1.29 is 4.79 Å². The van der Waals surface area contributed by atoms with Gasteiger partial charge in [-0.1, -0.05) is 30.3 Å². The Morgan fingerprint density at radius 1 is 1.11 bits per heavy atom. The molecular formula is C14H14N2OS. The van der Waals surface area contributed by atoms with Crippen LogP contribution >= 0.6 is 11.8 Å². The molecule has 1 heterocycles. The maximum atomic E-state index is 11.6. The molecule has 0 N–H and O–H groups in total. The minimum atomic E-state index is -0.0206. The van der Waals surface area contributed by atoms with Crippen LogP contribution in [0.4, 0.5) is 4.79 Å². The van der Waals surface area contributed by atoms with E-state index in [4.69, 9.17) is 0 Å². The molecule has 0 unspecified atom stereocenters. The number of thioether (sulfide) groups is 1. The van der Waals surface area contributed by atoms with Crippen LogP contribution in [-0.2, 0) is 0 Å². The van der Waals surface area contributed by atoms with E-state index in [1.54, 1.807) is 25.2 Å². The number of nitrogens with zero attached hydrogens (tertiary/aromatic N) is 2. The molecule has 1 aromatic carbocycles. The second-order valence-corrected chi connectivity index (χ2v) is 4.98. The van der Waals surface area contributed by atoms with Crippen LogP contribution in [0.15, 0.2) is 53.7 Å². The maximum absolute atomic E-state index is 11.6. The third-order valence-electron chi connectivity index (χ3n) is 2.40. The summed E-state index contributed by atoms with van der Waals surface area (Å²) in [6.45, 7) is 0. The van der Waals surface area contributed by atoms with E-state index in [1.165, 1.54) is 0 Å². The minimum absolute atomic E-state index is 0.0206. The largest absolute Gasteiger partial charge is 0.339 e. The van der Waals surface area contributed by atoms with Crippen LogP contribution in [0.5, 0.6) is 0 Å². The highest BCUT2D eigenvalue weighted by Crippen LogP contribution is 2.24. The van der Waals surface area contributed by atoms with Gasteiger partial charge in [-0.15, -0.1) is 0 Å². The van der Waals surface area contributed by atoms with Crippen molar-refractivity contribution in [2.45, 2.75) is 5.03 Å². The van der Waals surface area contributed by atoms with Crippen LogP contribution in [0, 0.1) is 0 Å². The highest BCUT2D eigenvalue weighted by atomic mass is 32.2. The van der Waals surface area contributed by atoms with Crippen molar-refractivity contribution in [2.24, 2.45) is 0 Å². The van der Waals surface area contributed by atoms with Crippen molar-refractivity contribution in [2.75, 3.05) is 14.1 Å². The highest BCUT2D eigenvalue weighted by molar-refractivity contribution is 8.13. The van der Waals surface area contributed by atoms with Gasteiger partial charge in [-0.05, 0) is 35.0 Å². The van der Waals surface area contributed by atoms with Gasteiger partial charge in [0, 0.05) is 20.3 Å². The third kappa shape index (κ3) is 3.11. The quantitative estimate of drug-likeness (QED) is 0.773. The average Bonchev–Trinajstić information content (AvgIpc) is 2.40. The molecule has 0 aliphatic carbocycles. The zero-order valence-corrected chi connectivity index (χ0v) is 11.1. The van der Waals surface area contributed by atoms with Crippen molar-refractivity contribution in [3.8, 4) is 11.1 Å². The average molecular weight is 258 g/mol. The van der Waals surface area contributed by atoms with Crippen LogP contribution in [0.2, 0.25) is 0 Å². The smallest absolute Gasteiger partial charge is 0.287 e. The molecule has 0 spiro atoms. The standard InChI is InChI=1S/C14H14N2OS/c1-16(2)14(17)18-13-10-12(8-9-15-13)11-6-4-3-5-7-11/h3-10H,1-2H3. The number of aromatic nitrogens is 1. The molecule has 4 heteroatoms. The van der Waals surface area contributed by atoms with E-state index in [0.29, 0.717) is 0 Å². The van der Waals surface area contributed by atoms with Gasteiger partial charge in [-0.25, -0.2) is 4.98 Å². The summed E-state index contributed by atoms with van der Waals surface area (Å²) < 4.78 is 0. The Morgan fingerprint density at radius 2 is 1.83 bits per heavy atom. The molecule has 0 fully saturated rings. The lowest BCUT2D eigenvalue weighted by Crippen LogP contribution is -2.16. The molecule has 1 aromatic heterocycles. The lowest BCUT2D eigenvalue weighted by molar-refractivity contribution is 0.241. The zero-order chi connectivity index (χ0) is 13.0. The first kappa shape index (κ1) is 12.6. The zero-order valence-electron chi connectivity index (χ0n) is 10.3. The molecule has 0 saturated carbocycles. The number of carbonyl (C=O) groups excluding carboxylic acids is 1. The van der Waals surface area contributed by atoms with Gasteiger partial charge in [0.15, 0.2) is 0 Å². The number of rotatable bonds is 2. The molecule has 1 amide bonds. The van der Waals surface area contributed by atoms with E-state index in [2.05, 4.69) is 4.98 Å². The maximum Gasteiger partial charge on any atom is 0.287 e. The Kier molecular flexibility index (Phi) is 3.99. The molecule has 0 aliphatic rings. The molecule has 0 radical (unpaired) electrons. The number of amides is 1.